The van der Waals surface area contributed by atoms with Gasteiger partial charge in [0.25, 0.3) is 0 Å². The second-order valence-corrected chi connectivity index (χ2v) is 6.51. The highest BCUT2D eigenvalue weighted by Crippen LogP contribution is 2.21. The minimum absolute atomic E-state index is 0.0771. The van der Waals surface area contributed by atoms with Crippen LogP contribution in [0.1, 0.15) is 52.4 Å². The molecule has 0 aliphatic heterocycles. The third kappa shape index (κ3) is 7.51. The lowest BCUT2D eigenvalue weighted by atomic mass is 10.1. The van der Waals surface area contributed by atoms with Gasteiger partial charge in [0.05, 0.1) is 12.4 Å². The molecule has 0 saturated heterocycles. The first kappa shape index (κ1) is 21.1. The van der Waals surface area contributed by atoms with Crippen LogP contribution in [0.5, 0.6) is 11.5 Å². The lowest BCUT2D eigenvalue weighted by Gasteiger charge is -2.11. The van der Waals surface area contributed by atoms with E-state index >= 15 is 0 Å². The van der Waals surface area contributed by atoms with Crippen molar-refractivity contribution in [3.63, 3.8) is 0 Å². The zero-order valence-corrected chi connectivity index (χ0v) is 16.1. The number of alkyl halides is 1. The van der Waals surface area contributed by atoms with E-state index in [1.54, 1.807) is 12.1 Å². The first-order chi connectivity index (χ1) is 13.1. The van der Waals surface area contributed by atoms with Gasteiger partial charge in [0.15, 0.2) is 17.9 Å². The topological polar surface area (TPSA) is 64.5 Å². The molecule has 1 aromatic heterocycles. The maximum absolute atomic E-state index is 13.8. The Kier molecular flexibility index (Phi) is 8.98. The predicted molar refractivity (Wildman–Crippen MR) is 104 cm³/mol. The molecule has 148 valence electrons. The number of hydrogen-bond donors (Lipinski definition) is 1. The maximum Gasteiger partial charge on any atom is 0.197 e. The van der Waals surface area contributed by atoms with Gasteiger partial charge in [-0.15, -0.1) is 0 Å². The Morgan fingerprint density at radius 3 is 2.33 bits per heavy atom. The van der Waals surface area contributed by atoms with Crippen molar-refractivity contribution in [2.75, 3.05) is 6.61 Å². The fourth-order valence-corrected chi connectivity index (χ4v) is 2.53. The van der Waals surface area contributed by atoms with Crippen molar-refractivity contribution in [3.05, 3.63) is 36.7 Å². The van der Waals surface area contributed by atoms with Crippen LogP contribution in [0.3, 0.4) is 0 Å². The molecule has 2 aromatic rings. The number of nitrogens with zero attached hydrogens (tertiary/aromatic N) is 2. The van der Waals surface area contributed by atoms with Crippen LogP contribution in [0.15, 0.2) is 36.7 Å². The lowest BCUT2D eigenvalue weighted by Crippen LogP contribution is -2.13. The lowest BCUT2D eigenvalue weighted by molar-refractivity contribution is -0.0196. The summed E-state index contributed by atoms with van der Waals surface area (Å²) in [6, 6.07) is 7.24. The molecule has 0 fully saturated rings. The molecule has 1 heterocycles. The average molecular weight is 376 g/mol. The van der Waals surface area contributed by atoms with E-state index in [1.807, 2.05) is 19.1 Å². The summed E-state index contributed by atoms with van der Waals surface area (Å²) >= 11 is 0. The van der Waals surface area contributed by atoms with E-state index in [0.29, 0.717) is 30.2 Å². The van der Waals surface area contributed by atoms with E-state index in [4.69, 9.17) is 9.47 Å². The molecule has 0 aliphatic rings. The Bertz CT molecular complexity index is 649. The van der Waals surface area contributed by atoms with E-state index in [0.717, 1.165) is 31.2 Å². The molecule has 1 aromatic carbocycles. The van der Waals surface area contributed by atoms with Crippen LogP contribution >= 0.6 is 0 Å². The standard InChI is InChI=1S/C21H29FN2O3/c1-3-5-6-7-8-17(22)15-26-18-11-9-16(10-12-18)21-23-13-19(14-24-21)27-20(25)4-2/h9-14,17,20,25H,3-8,15H2,1-2H3. The van der Waals surface area contributed by atoms with Gasteiger partial charge in [0, 0.05) is 12.0 Å². The maximum atomic E-state index is 13.8. The molecule has 27 heavy (non-hydrogen) atoms. The minimum Gasteiger partial charge on any atom is -0.491 e. The minimum atomic E-state index is -0.934. The van der Waals surface area contributed by atoms with Crippen LogP contribution in [0.4, 0.5) is 4.39 Å². The van der Waals surface area contributed by atoms with Gasteiger partial charge in [0.1, 0.15) is 18.5 Å². The van der Waals surface area contributed by atoms with Gasteiger partial charge < -0.3 is 14.6 Å². The summed E-state index contributed by atoms with van der Waals surface area (Å²) in [4.78, 5) is 8.48. The van der Waals surface area contributed by atoms with Crippen molar-refractivity contribution >= 4 is 0 Å². The van der Waals surface area contributed by atoms with Gasteiger partial charge in [-0.1, -0.05) is 39.5 Å². The number of halogens is 1. The number of benzene rings is 1. The quantitative estimate of drug-likeness (QED) is 0.420. The zero-order valence-electron chi connectivity index (χ0n) is 16.1. The summed E-state index contributed by atoms with van der Waals surface area (Å²) in [5.74, 6) is 1.58. The Hall–Kier alpha value is -2.21. The van der Waals surface area contributed by atoms with Crippen LogP contribution in [-0.4, -0.2) is 34.1 Å². The SMILES string of the molecule is CCCCCCC(F)COc1ccc(-c2ncc(OC(O)CC)cn2)cc1. The molecule has 2 unspecified atom stereocenters. The molecule has 0 spiro atoms. The molecule has 5 nitrogen and oxygen atoms in total. The number of hydrogen-bond acceptors (Lipinski definition) is 5. The van der Waals surface area contributed by atoms with E-state index in [1.165, 1.54) is 12.4 Å². The fourth-order valence-electron chi connectivity index (χ4n) is 2.53. The summed E-state index contributed by atoms with van der Waals surface area (Å²) in [6.07, 6.45) is 6.59. The Morgan fingerprint density at radius 1 is 1.00 bits per heavy atom. The molecule has 0 aliphatic carbocycles. The highest BCUT2D eigenvalue weighted by atomic mass is 19.1. The Balaban J connectivity index is 1.82. The molecule has 0 saturated carbocycles. The molecule has 0 amide bonds. The molecular formula is C21H29FN2O3. The normalized spacial score (nSPS) is 13.2. The first-order valence-electron chi connectivity index (χ1n) is 9.66. The Morgan fingerprint density at radius 2 is 1.70 bits per heavy atom. The summed E-state index contributed by atoms with van der Waals surface area (Å²) < 4.78 is 24.6. The van der Waals surface area contributed by atoms with Crippen molar-refractivity contribution in [2.45, 2.75) is 64.8 Å². The van der Waals surface area contributed by atoms with Gasteiger partial charge in [-0.2, -0.15) is 0 Å². The van der Waals surface area contributed by atoms with E-state index in [-0.39, 0.29) is 6.61 Å². The highest BCUT2D eigenvalue weighted by Gasteiger charge is 2.09. The molecule has 1 N–H and O–H groups in total. The highest BCUT2D eigenvalue weighted by molar-refractivity contribution is 5.56. The molecule has 0 radical (unpaired) electrons. The molecule has 2 atom stereocenters. The van der Waals surface area contributed by atoms with Crippen LogP contribution < -0.4 is 9.47 Å². The van der Waals surface area contributed by atoms with Crippen molar-refractivity contribution < 1.29 is 19.0 Å². The number of unbranched alkanes of at least 4 members (excludes halogenated alkanes) is 3. The van der Waals surface area contributed by atoms with Crippen LogP contribution in [0, 0.1) is 0 Å². The molecule has 6 heteroatoms. The molecular weight excluding hydrogens is 347 g/mol. The Labute approximate surface area is 160 Å². The first-order valence-corrected chi connectivity index (χ1v) is 9.66. The van der Waals surface area contributed by atoms with Crippen molar-refractivity contribution in [1.29, 1.82) is 0 Å². The summed E-state index contributed by atoms with van der Waals surface area (Å²) in [5, 5.41) is 9.47. The fraction of sp³-hybridized carbons (Fsp3) is 0.524. The zero-order chi connectivity index (χ0) is 19.5. The molecule has 2 rings (SSSR count). The van der Waals surface area contributed by atoms with Gasteiger partial charge in [-0.3, -0.25) is 0 Å². The smallest absolute Gasteiger partial charge is 0.197 e. The largest absolute Gasteiger partial charge is 0.491 e. The second-order valence-electron chi connectivity index (χ2n) is 6.51. The summed E-state index contributed by atoms with van der Waals surface area (Å²) in [5.41, 5.74) is 0.821. The summed E-state index contributed by atoms with van der Waals surface area (Å²) in [6.45, 7) is 4.04. The van der Waals surface area contributed by atoms with E-state index in [9.17, 15) is 9.50 Å². The van der Waals surface area contributed by atoms with E-state index in [2.05, 4.69) is 16.9 Å². The van der Waals surface area contributed by atoms with Crippen molar-refractivity contribution in [3.8, 4) is 22.9 Å². The van der Waals surface area contributed by atoms with E-state index < -0.39 is 12.5 Å². The van der Waals surface area contributed by atoms with Crippen LogP contribution in [-0.2, 0) is 0 Å². The number of rotatable bonds is 12. The molecule has 0 bridgehead atoms. The number of aliphatic hydroxyl groups is 1. The monoisotopic (exact) mass is 376 g/mol. The number of aliphatic hydroxyl groups excluding tert-OH is 1. The van der Waals surface area contributed by atoms with Crippen molar-refractivity contribution in [2.24, 2.45) is 0 Å². The van der Waals surface area contributed by atoms with Crippen molar-refractivity contribution in [1.82, 2.24) is 9.97 Å². The van der Waals surface area contributed by atoms with Gasteiger partial charge in [-0.05, 0) is 30.7 Å². The van der Waals surface area contributed by atoms with Gasteiger partial charge in [-0.25, -0.2) is 14.4 Å². The second kappa shape index (κ2) is 11.5. The van der Waals surface area contributed by atoms with Crippen LogP contribution in [0.2, 0.25) is 0 Å². The van der Waals surface area contributed by atoms with Crippen LogP contribution in [0.25, 0.3) is 11.4 Å². The number of aromatic nitrogens is 2. The number of ether oxygens (including phenoxy) is 2. The van der Waals surface area contributed by atoms with Gasteiger partial charge in [0.2, 0.25) is 0 Å². The third-order valence-electron chi connectivity index (χ3n) is 4.16. The summed E-state index contributed by atoms with van der Waals surface area (Å²) in [7, 11) is 0. The average Bonchev–Trinajstić information content (AvgIpc) is 2.70. The van der Waals surface area contributed by atoms with Gasteiger partial charge >= 0.3 is 0 Å². The predicted octanol–water partition coefficient (Wildman–Crippen LogP) is 4.94. The third-order valence-corrected chi connectivity index (χ3v) is 4.16.